The Balaban J connectivity index is 2.21. The second kappa shape index (κ2) is 5.52. The molecule has 104 valence electrons. The third-order valence-electron chi connectivity index (χ3n) is 2.92. The van der Waals surface area contributed by atoms with E-state index in [1.54, 1.807) is 25.1 Å². The van der Waals surface area contributed by atoms with Crippen LogP contribution in [0, 0.1) is 17.0 Å². The van der Waals surface area contributed by atoms with E-state index >= 15 is 0 Å². The summed E-state index contributed by atoms with van der Waals surface area (Å²) in [6.07, 6.45) is 0.777. The van der Waals surface area contributed by atoms with Crippen molar-refractivity contribution in [3.63, 3.8) is 0 Å². The van der Waals surface area contributed by atoms with Crippen molar-refractivity contribution in [1.82, 2.24) is 10.2 Å². The van der Waals surface area contributed by atoms with Gasteiger partial charge in [0.15, 0.2) is 5.82 Å². The number of nitrogens with one attached hydrogen (secondary N) is 2. The summed E-state index contributed by atoms with van der Waals surface area (Å²) in [5, 5.41) is 20.2. The molecule has 7 heteroatoms. The number of aromatic amines is 1. The van der Waals surface area contributed by atoms with Gasteiger partial charge in [-0.1, -0.05) is 13.0 Å². The number of amides is 1. The minimum absolute atomic E-state index is 0.0751. The third-order valence-corrected chi connectivity index (χ3v) is 2.92. The third kappa shape index (κ3) is 2.82. The number of nitrogens with zero attached hydrogens (tertiary/aromatic N) is 2. The highest BCUT2D eigenvalue weighted by Gasteiger charge is 2.15. The van der Waals surface area contributed by atoms with E-state index in [9.17, 15) is 14.9 Å². The molecule has 20 heavy (non-hydrogen) atoms. The lowest BCUT2D eigenvalue weighted by molar-refractivity contribution is -0.385. The Morgan fingerprint density at radius 2 is 2.20 bits per heavy atom. The Kier molecular flexibility index (Phi) is 3.79. The number of carbonyl (C=O) groups excluding carboxylic acids is 1. The van der Waals surface area contributed by atoms with Crippen LogP contribution >= 0.6 is 0 Å². The SMILES string of the molecule is CCc1cc(NC(=O)c2ccc(C)c([N+](=O)[O-])c2)n[nH]1. The monoisotopic (exact) mass is 274 g/mol. The van der Waals surface area contributed by atoms with Gasteiger partial charge in [-0.15, -0.1) is 0 Å². The number of benzene rings is 1. The molecule has 0 spiro atoms. The Morgan fingerprint density at radius 3 is 2.80 bits per heavy atom. The van der Waals surface area contributed by atoms with Gasteiger partial charge in [-0.25, -0.2) is 0 Å². The average Bonchev–Trinajstić information content (AvgIpc) is 2.86. The number of hydrogen-bond acceptors (Lipinski definition) is 4. The lowest BCUT2D eigenvalue weighted by Crippen LogP contribution is -2.12. The summed E-state index contributed by atoms with van der Waals surface area (Å²) in [7, 11) is 0. The largest absolute Gasteiger partial charge is 0.305 e. The zero-order chi connectivity index (χ0) is 14.7. The van der Waals surface area contributed by atoms with Gasteiger partial charge < -0.3 is 5.32 Å². The fourth-order valence-corrected chi connectivity index (χ4v) is 1.74. The molecule has 0 bridgehead atoms. The van der Waals surface area contributed by atoms with Crippen LogP contribution in [0.5, 0.6) is 0 Å². The van der Waals surface area contributed by atoms with Gasteiger partial charge in [-0.2, -0.15) is 5.10 Å². The van der Waals surface area contributed by atoms with Crippen molar-refractivity contribution >= 4 is 17.4 Å². The van der Waals surface area contributed by atoms with Gasteiger partial charge in [0.1, 0.15) is 0 Å². The molecule has 0 fully saturated rings. The maximum Gasteiger partial charge on any atom is 0.273 e. The molecule has 0 saturated carbocycles. The zero-order valence-corrected chi connectivity index (χ0v) is 11.1. The van der Waals surface area contributed by atoms with E-state index in [0.717, 1.165) is 12.1 Å². The van der Waals surface area contributed by atoms with Crippen LogP contribution in [-0.2, 0) is 6.42 Å². The van der Waals surface area contributed by atoms with E-state index in [1.807, 2.05) is 6.92 Å². The molecule has 7 nitrogen and oxygen atoms in total. The average molecular weight is 274 g/mol. The van der Waals surface area contributed by atoms with E-state index in [0.29, 0.717) is 11.4 Å². The molecular weight excluding hydrogens is 260 g/mol. The molecule has 2 rings (SSSR count). The number of aromatic nitrogens is 2. The van der Waals surface area contributed by atoms with Gasteiger partial charge in [0, 0.05) is 29.0 Å². The first kappa shape index (κ1) is 13.7. The number of carbonyl (C=O) groups is 1. The number of nitro groups is 1. The fraction of sp³-hybridized carbons (Fsp3) is 0.231. The van der Waals surface area contributed by atoms with Crippen molar-refractivity contribution in [2.45, 2.75) is 20.3 Å². The van der Waals surface area contributed by atoms with Crippen molar-refractivity contribution in [3.8, 4) is 0 Å². The van der Waals surface area contributed by atoms with Crippen LogP contribution < -0.4 is 5.32 Å². The highest BCUT2D eigenvalue weighted by molar-refractivity contribution is 6.04. The summed E-state index contributed by atoms with van der Waals surface area (Å²) >= 11 is 0. The van der Waals surface area contributed by atoms with Crippen LogP contribution in [0.1, 0.15) is 28.5 Å². The second-order valence-electron chi connectivity index (χ2n) is 4.34. The summed E-state index contributed by atoms with van der Waals surface area (Å²) in [5.74, 6) is -0.0302. The molecule has 1 aromatic heterocycles. The fourth-order valence-electron chi connectivity index (χ4n) is 1.74. The van der Waals surface area contributed by atoms with Crippen LogP contribution in [-0.4, -0.2) is 21.0 Å². The van der Waals surface area contributed by atoms with E-state index in [1.165, 1.54) is 6.07 Å². The zero-order valence-electron chi connectivity index (χ0n) is 11.1. The van der Waals surface area contributed by atoms with Gasteiger partial charge in [-0.05, 0) is 19.4 Å². The molecule has 0 unspecified atom stereocenters. The molecular formula is C13H14N4O3. The van der Waals surface area contributed by atoms with Crippen molar-refractivity contribution in [2.75, 3.05) is 5.32 Å². The highest BCUT2D eigenvalue weighted by Crippen LogP contribution is 2.20. The van der Waals surface area contributed by atoms with Crippen LogP contribution in [0.3, 0.4) is 0 Å². The molecule has 0 atom stereocenters. The van der Waals surface area contributed by atoms with Gasteiger partial charge in [0.05, 0.1) is 4.92 Å². The normalized spacial score (nSPS) is 10.3. The van der Waals surface area contributed by atoms with Crippen LogP contribution in [0.25, 0.3) is 0 Å². The smallest absolute Gasteiger partial charge is 0.273 e. The number of H-pyrrole nitrogens is 1. The number of hydrogen-bond donors (Lipinski definition) is 2. The Hall–Kier alpha value is -2.70. The maximum atomic E-state index is 12.0. The number of aryl methyl sites for hydroxylation is 2. The van der Waals surface area contributed by atoms with Crippen molar-refractivity contribution in [3.05, 3.63) is 51.2 Å². The summed E-state index contributed by atoms with van der Waals surface area (Å²) in [6.45, 7) is 3.59. The van der Waals surface area contributed by atoms with E-state index in [2.05, 4.69) is 15.5 Å². The van der Waals surface area contributed by atoms with Crippen LogP contribution in [0.15, 0.2) is 24.3 Å². The molecule has 0 saturated heterocycles. The standard InChI is InChI=1S/C13H14N4O3/c1-3-10-7-12(16-15-10)14-13(18)9-5-4-8(2)11(6-9)17(19)20/h4-7H,3H2,1-2H3,(H2,14,15,16,18). The Labute approximate surface area is 115 Å². The van der Waals surface area contributed by atoms with Crippen LogP contribution in [0.4, 0.5) is 11.5 Å². The predicted molar refractivity (Wildman–Crippen MR) is 73.8 cm³/mol. The molecule has 1 amide bonds. The van der Waals surface area contributed by atoms with Gasteiger partial charge in [0.2, 0.25) is 0 Å². The Morgan fingerprint density at radius 1 is 1.45 bits per heavy atom. The summed E-state index contributed by atoms with van der Waals surface area (Å²) in [5.41, 5.74) is 1.56. The van der Waals surface area contributed by atoms with Crippen molar-refractivity contribution in [2.24, 2.45) is 0 Å². The first-order valence-electron chi connectivity index (χ1n) is 6.12. The van der Waals surface area contributed by atoms with Gasteiger partial charge in [-0.3, -0.25) is 20.0 Å². The lowest BCUT2D eigenvalue weighted by atomic mass is 10.1. The van der Waals surface area contributed by atoms with Crippen molar-refractivity contribution < 1.29 is 9.72 Å². The van der Waals surface area contributed by atoms with E-state index in [-0.39, 0.29) is 11.3 Å². The first-order chi connectivity index (χ1) is 9.51. The maximum absolute atomic E-state index is 12.0. The second-order valence-corrected chi connectivity index (χ2v) is 4.34. The van der Waals surface area contributed by atoms with E-state index in [4.69, 9.17) is 0 Å². The molecule has 0 radical (unpaired) electrons. The highest BCUT2D eigenvalue weighted by atomic mass is 16.6. The molecule has 1 heterocycles. The van der Waals surface area contributed by atoms with Gasteiger partial charge in [0.25, 0.3) is 11.6 Å². The molecule has 0 aliphatic heterocycles. The molecule has 0 aliphatic carbocycles. The first-order valence-corrected chi connectivity index (χ1v) is 6.12. The van der Waals surface area contributed by atoms with Gasteiger partial charge >= 0.3 is 0 Å². The quantitative estimate of drug-likeness (QED) is 0.660. The Bertz CT molecular complexity index is 663. The minimum Gasteiger partial charge on any atom is -0.305 e. The van der Waals surface area contributed by atoms with Crippen LogP contribution in [0.2, 0.25) is 0 Å². The predicted octanol–water partition coefficient (Wildman–Crippen LogP) is 2.44. The topological polar surface area (TPSA) is 101 Å². The molecule has 1 aromatic carbocycles. The molecule has 2 aromatic rings. The number of nitro benzene ring substituents is 1. The number of anilines is 1. The molecule has 2 N–H and O–H groups in total. The minimum atomic E-state index is -0.504. The summed E-state index contributed by atoms with van der Waals surface area (Å²) in [4.78, 5) is 22.4. The molecule has 0 aliphatic rings. The summed E-state index contributed by atoms with van der Waals surface area (Å²) in [6, 6.07) is 6.08. The summed E-state index contributed by atoms with van der Waals surface area (Å²) < 4.78 is 0. The number of rotatable bonds is 4. The van der Waals surface area contributed by atoms with Crippen molar-refractivity contribution in [1.29, 1.82) is 0 Å². The van der Waals surface area contributed by atoms with E-state index < -0.39 is 10.8 Å². The lowest BCUT2D eigenvalue weighted by Gasteiger charge is -2.03.